The Bertz CT molecular complexity index is 911. The van der Waals surface area contributed by atoms with E-state index in [1.807, 2.05) is 0 Å². The number of allylic oxidation sites excluding steroid dienone is 1. The highest BCUT2D eigenvalue weighted by Gasteiger charge is 2.26. The van der Waals surface area contributed by atoms with E-state index < -0.39 is 0 Å². The van der Waals surface area contributed by atoms with Crippen molar-refractivity contribution in [1.82, 2.24) is 0 Å². The maximum Gasteiger partial charge on any atom is 0.0102 e. The number of rotatable bonds is 7. The smallest absolute Gasteiger partial charge is 0.0102 e. The molecule has 1 unspecified atom stereocenters. The molecule has 132 valence electrons. The average molecular weight is 341 g/mol. The van der Waals surface area contributed by atoms with E-state index in [1.54, 1.807) is 0 Å². The summed E-state index contributed by atoms with van der Waals surface area (Å²) in [5.74, 6) is 0.540. The predicted molar refractivity (Wildman–Crippen MR) is 114 cm³/mol. The molecule has 26 heavy (non-hydrogen) atoms. The van der Waals surface area contributed by atoms with Gasteiger partial charge in [-0.05, 0) is 39.5 Å². The topological polar surface area (TPSA) is 0 Å². The summed E-state index contributed by atoms with van der Waals surface area (Å²) in [5, 5.41) is 2.72. The van der Waals surface area contributed by atoms with Gasteiger partial charge >= 0.3 is 0 Å². The molecule has 3 aromatic rings. The van der Waals surface area contributed by atoms with Gasteiger partial charge in [0.1, 0.15) is 0 Å². The molecule has 0 saturated carbocycles. The summed E-state index contributed by atoms with van der Waals surface area (Å²) >= 11 is 0. The molecular formula is C26H28. The molecule has 0 saturated heterocycles. The molecule has 0 nitrogen and oxygen atoms in total. The summed E-state index contributed by atoms with van der Waals surface area (Å²) < 4.78 is 0. The number of fused-ring (bicyclic) bond motifs is 2. The molecular weight excluding hydrogens is 312 g/mol. The van der Waals surface area contributed by atoms with Crippen molar-refractivity contribution in [3.05, 3.63) is 83.4 Å². The van der Waals surface area contributed by atoms with Gasteiger partial charge < -0.3 is 0 Å². The zero-order chi connectivity index (χ0) is 17.8. The van der Waals surface area contributed by atoms with Crippen LogP contribution in [0.4, 0.5) is 0 Å². The van der Waals surface area contributed by atoms with Crippen LogP contribution in [0.5, 0.6) is 0 Å². The third-order valence-electron chi connectivity index (χ3n) is 5.75. The van der Waals surface area contributed by atoms with E-state index in [-0.39, 0.29) is 0 Å². The Morgan fingerprint density at radius 3 is 2.42 bits per heavy atom. The number of unbranched alkanes of at least 4 members (excludes halogenated alkanes) is 4. The molecule has 3 aromatic carbocycles. The van der Waals surface area contributed by atoms with E-state index in [1.165, 1.54) is 71.6 Å². The van der Waals surface area contributed by atoms with E-state index in [0.29, 0.717) is 5.92 Å². The second kappa shape index (κ2) is 7.91. The summed E-state index contributed by atoms with van der Waals surface area (Å²) in [6.45, 7) is 2.29. The van der Waals surface area contributed by atoms with Crippen LogP contribution in [0.1, 0.15) is 68.1 Å². The molecule has 1 aliphatic carbocycles. The Labute approximate surface area is 157 Å². The predicted octanol–water partition coefficient (Wildman–Crippen LogP) is 7.84. The Kier molecular flexibility index (Phi) is 5.20. The van der Waals surface area contributed by atoms with Crippen molar-refractivity contribution in [3.63, 3.8) is 0 Å². The second-order valence-corrected chi connectivity index (χ2v) is 7.51. The van der Waals surface area contributed by atoms with Gasteiger partial charge in [-0.25, -0.2) is 0 Å². The van der Waals surface area contributed by atoms with Crippen LogP contribution in [-0.2, 0) is 0 Å². The Balaban J connectivity index is 1.67. The number of hydrogen-bond donors (Lipinski definition) is 0. The van der Waals surface area contributed by atoms with Gasteiger partial charge in [-0.2, -0.15) is 0 Å². The second-order valence-electron chi connectivity index (χ2n) is 7.51. The highest BCUT2D eigenvalue weighted by molar-refractivity contribution is 6.01. The summed E-state index contributed by atoms with van der Waals surface area (Å²) in [6, 6.07) is 24.5. The third kappa shape index (κ3) is 3.33. The van der Waals surface area contributed by atoms with Crippen molar-refractivity contribution in [2.24, 2.45) is 0 Å². The van der Waals surface area contributed by atoms with E-state index in [0.717, 1.165) is 0 Å². The summed E-state index contributed by atoms with van der Waals surface area (Å²) in [6.07, 6.45) is 10.4. The largest absolute Gasteiger partial charge is 0.0654 e. The Hall–Kier alpha value is -2.34. The summed E-state index contributed by atoms with van der Waals surface area (Å²) in [7, 11) is 0. The highest BCUT2D eigenvalue weighted by atomic mass is 14.3. The van der Waals surface area contributed by atoms with Crippen LogP contribution in [-0.4, -0.2) is 0 Å². The van der Waals surface area contributed by atoms with Crippen LogP contribution < -0.4 is 0 Å². The van der Waals surface area contributed by atoms with Crippen molar-refractivity contribution >= 4 is 22.4 Å². The first kappa shape index (κ1) is 17.1. The van der Waals surface area contributed by atoms with E-state index >= 15 is 0 Å². The lowest BCUT2D eigenvalue weighted by atomic mass is 9.85. The van der Waals surface area contributed by atoms with Crippen LogP contribution in [0.25, 0.3) is 22.4 Å². The zero-order valence-electron chi connectivity index (χ0n) is 15.7. The third-order valence-corrected chi connectivity index (χ3v) is 5.75. The molecule has 0 heterocycles. The van der Waals surface area contributed by atoms with Crippen molar-refractivity contribution < 1.29 is 0 Å². The molecule has 0 heteroatoms. The summed E-state index contributed by atoms with van der Waals surface area (Å²) in [5.41, 5.74) is 5.86. The number of benzene rings is 3. The van der Waals surface area contributed by atoms with E-state index in [4.69, 9.17) is 0 Å². The van der Waals surface area contributed by atoms with Gasteiger partial charge in [0.2, 0.25) is 0 Å². The SMILES string of the molecule is CCCCCCCC1C(c2cccc3ccccc23)=Cc2ccccc21. The first-order valence-electron chi connectivity index (χ1n) is 10.2. The minimum absolute atomic E-state index is 0.540. The molecule has 0 radical (unpaired) electrons. The fourth-order valence-electron chi connectivity index (χ4n) is 4.40. The van der Waals surface area contributed by atoms with Crippen LogP contribution in [0.2, 0.25) is 0 Å². The van der Waals surface area contributed by atoms with Crippen molar-refractivity contribution in [1.29, 1.82) is 0 Å². The Morgan fingerprint density at radius 2 is 1.50 bits per heavy atom. The van der Waals surface area contributed by atoms with Crippen LogP contribution in [0.15, 0.2) is 66.7 Å². The normalized spacial score (nSPS) is 15.9. The minimum atomic E-state index is 0.540. The molecule has 1 atom stereocenters. The summed E-state index contributed by atoms with van der Waals surface area (Å²) in [4.78, 5) is 0. The first-order valence-corrected chi connectivity index (χ1v) is 10.2. The molecule has 1 aliphatic rings. The van der Waals surface area contributed by atoms with Gasteiger partial charge in [-0.15, -0.1) is 0 Å². The molecule has 0 amide bonds. The highest BCUT2D eigenvalue weighted by Crippen LogP contribution is 2.46. The first-order chi connectivity index (χ1) is 12.9. The fourth-order valence-corrected chi connectivity index (χ4v) is 4.40. The van der Waals surface area contributed by atoms with Gasteiger partial charge in [-0.3, -0.25) is 0 Å². The molecule has 4 rings (SSSR count). The monoisotopic (exact) mass is 340 g/mol. The number of hydrogen-bond acceptors (Lipinski definition) is 0. The Morgan fingerprint density at radius 1 is 0.731 bits per heavy atom. The molecule has 0 fully saturated rings. The van der Waals surface area contributed by atoms with Crippen LogP contribution in [0, 0.1) is 0 Å². The maximum atomic E-state index is 2.44. The van der Waals surface area contributed by atoms with Gasteiger partial charge in [0.15, 0.2) is 0 Å². The molecule has 0 N–H and O–H groups in total. The zero-order valence-corrected chi connectivity index (χ0v) is 15.7. The van der Waals surface area contributed by atoms with Gasteiger partial charge in [0, 0.05) is 5.92 Å². The maximum absolute atomic E-state index is 2.44. The van der Waals surface area contributed by atoms with Gasteiger partial charge in [-0.1, -0.05) is 112 Å². The van der Waals surface area contributed by atoms with Crippen LogP contribution in [0.3, 0.4) is 0 Å². The molecule has 0 aliphatic heterocycles. The lowest BCUT2D eigenvalue weighted by Gasteiger charge is -2.19. The van der Waals surface area contributed by atoms with Gasteiger partial charge in [0.25, 0.3) is 0 Å². The van der Waals surface area contributed by atoms with E-state index in [9.17, 15) is 0 Å². The van der Waals surface area contributed by atoms with Crippen molar-refractivity contribution in [2.45, 2.75) is 51.4 Å². The van der Waals surface area contributed by atoms with Gasteiger partial charge in [0.05, 0.1) is 0 Å². The minimum Gasteiger partial charge on any atom is -0.0654 e. The fraction of sp³-hybridized carbons (Fsp3) is 0.308. The lowest BCUT2D eigenvalue weighted by molar-refractivity contribution is 0.592. The van der Waals surface area contributed by atoms with Crippen LogP contribution >= 0.6 is 0 Å². The van der Waals surface area contributed by atoms with Crippen molar-refractivity contribution in [2.75, 3.05) is 0 Å². The van der Waals surface area contributed by atoms with E-state index in [2.05, 4.69) is 79.7 Å². The quantitative estimate of drug-likeness (QED) is 0.384. The van der Waals surface area contributed by atoms with Crippen molar-refractivity contribution in [3.8, 4) is 0 Å². The average Bonchev–Trinajstić information content (AvgIpc) is 3.06. The molecule has 0 spiro atoms. The standard InChI is InChI=1S/C26H28/c1-2-3-4-5-6-17-24-23-16-10-8-13-21(23)19-26(24)25-18-11-14-20-12-7-9-15-22(20)25/h7-16,18-19,24H,2-6,17H2,1H3. The molecule has 0 aromatic heterocycles. The molecule has 0 bridgehead atoms. The lowest BCUT2D eigenvalue weighted by Crippen LogP contribution is -2.00.